The molecule has 1 N–H and O–H groups in total. The molecule has 0 bridgehead atoms. The van der Waals surface area contributed by atoms with Crippen molar-refractivity contribution in [1.29, 1.82) is 0 Å². The number of amides is 1. The van der Waals surface area contributed by atoms with E-state index in [9.17, 15) is 4.79 Å². The van der Waals surface area contributed by atoms with E-state index in [1.807, 2.05) is 42.5 Å². The second kappa shape index (κ2) is 6.87. The summed E-state index contributed by atoms with van der Waals surface area (Å²) in [6.45, 7) is 2.28. The van der Waals surface area contributed by atoms with Gasteiger partial charge in [0.2, 0.25) is 0 Å². The van der Waals surface area contributed by atoms with Crippen LogP contribution in [0.1, 0.15) is 21.7 Å². The van der Waals surface area contributed by atoms with Gasteiger partial charge in [-0.3, -0.25) is 9.78 Å². The molecule has 0 radical (unpaired) electrons. The molecule has 0 aliphatic carbocycles. The van der Waals surface area contributed by atoms with Crippen LogP contribution < -0.4 is 5.32 Å². The fourth-order valence-corrected chi connectivity index (χ4v) is 2.39. The standard InChI is InChI=1S/C18H17N3O2/c1-13-16(17(21-23-13)15-7-3-2-4-8-15)18(22)20-11-9-14-6-5-10-19-12-14/h2-8,10,12H,9,11H2,1H3,(H,20,22). The van der Waals surface area contributed by atoms with Crippen molar-refractivity contribution in [3.05, 3.63) is 71.7 Å². The van der Waals surface area contributed by atoms with Crippen LogP contribution in [0.5, 0.6) is 0 Å². The van der Waals surface area contributed by atoms with Crippen molar-refractivity contribution in [2.75, 3.05) is 6.54 Å². The Morgan fingerprint density at radius 3 is 2.74 bits per heavy atom. The first-order valence-corrected chi connectivity index (χ1v) is 7.44. The van der Waals surface area contributed by atoms with E-state index in [-0.39, 0.29) is 5.91 Å². The second-order valence-electron chi connectivity index (χ2n) is 5.20. The third-order valence-corrected chi connectivity index (χ3v) is 3.56. The Balaban J connectivity index is 1.71. The summed E-state index contributed by atoms with van der Waals surface area (Å²) in [6.07, 6.45) is 4.26. The summed E-state index contributed by atoms with van der Waals surface area (Å²) >= 11 is 0. The maximum absolute atomic E-state index is 12.5. The summed E-state index contributed by atoms with van der Waals surface area (Å²) in [5.74, 6) is 0.342. The summed E-state index contributed by atoms with van der Waals surface area (Å²) in [5, 5.41) is 6.95. The molecule has 0 saturated carbocycles. The molecule has 0 saturated heterocycles. The van der Waals surface area contributed by atoms with Gasteiger partial charge >= 0.3 is 0 Å². The van der Waals surface area contributed by atoms with Gasteiger partial charge in [-0.05, 0) is 25.0 Å². The van der Waals surface area contributed by atoms with Gasteiger partial charge in [-0.2, -0.15) is 0 Å². The van der Waals surface area contributed by atoms with Gasteiger partial charge in [-0.25, -0.2) is 0 Å². The molecule has 2 heterocycles. The highest BCUT2D eigenvalue weighted by Crippen LogP contribution is 2.24. The van der Waals surface area contributed by atoms with E-state index < -0.39 is 0 Å². The normalized spacial score (nSPS) is 10.5. The lowest BCUT2D eigenvalue weighted by atomic mass is 10.1. The molecule has 5 heteroatoms. The summed E-state index contributed by atoms with van der Waals surface area (Å²) in [6, 6.07) is 13.4. The van der Waals surface area contributed by atoms with Crippen molar-refractivity contribution in [3.8, 4) is 11.3 Å². The van der Waals surface area contributed by atoms with Crippen LogP contribution in [0.4, 0.5) is 0 Å². The Bertz CT molecular complexity index is 783. The average molecular weight is 307 g/mol. The topological polar surface area (TPSA) is 68.0 Å². The summed E-state index contributed by atoms with van der Waals surface area (Å²) < 4.78 is 5.21. The van der Waals surface area contributed by atoms with Gasteiger partial charge in [0.05, 0.1) is 0 Å². The van der Waals surface area contributed by atoms with Gasteiger partial charge in [-0.1, -0.05) is 41.6 Å². The van der Waals surface area contributed by atoms with Crippen LogP contribution in [-0.2, 0) is 6.42 Å². The van der Waals surface area contributed by atoms with Gasteiger partial charge in [-0.15, -0.1) is 0 Å². The number of nitrogens with zero attached hydrogens (tertiary/aromatic N) is 2. The van der Waals surface area contributed by atoms with Crippen LogP contribution in [0.15, 0.2) is 59.4 Å². The lowest BCUT2D eigenvalue weighted by Gasteiger charge is -2.06. The van der Waals surface area contributed by atoms with E-state index in [1.165, 1.54) is 0 Å². The molecule has 0 atom stereocenters. The van der Waals surface area contributed by atoms with Crippen LogP contribution in [0.3, 0.4) is 0 Å². The van der Waals surface area contributed by atoms with E-state index in [0.717, 1.165) is 17.5 Å². The number of carbonyl (C=O) groups excluding carboxylic acids is 1. The minimum atomic E-state index is -0.175. The molecule has 0 unspecified atom stereocenters. The molecular weight excluding hydrogens is 290 g/mol. The number of nitrogens with one attached hydrogen (secondary N) is 1. The number of hydrogen-bond acceptors (Lipinski definition) is 4. The second-order valence-corrected chi connectivity index (χ2v) is 5.20. The maximum Gasteiger partial charge on any atom is 0.257 e. The summed E-state index contributed by atoms with van der Waals surface area (Å²) in [5.41, 5.74) is 3.00. The van der Waals surface area contributed by atoms with E-state index in [2.05, 4.69) is 15.5 Å². The summed E-state index contributed by atoms with van der Waals surface area (Å²) in [7, 11) is 0. The van der Waals surface area contributed by atoms with Crippen molar-refractivity contribution >= 4 is 5.91 Å². The predicted octanol–water partition coefficient (Wildman–Crippen LogP) is 3.02. The van der Waals surface area contributed by atoms with Crippen molar-refractivity contribution < 1.29 is 9.32 Å². The molecule has 0 aliphatic rings. The smallest absolute Gasteiger partial charge is 0.257 e. The summed E-state index contributed by atoms with van der Waals surface area (Å²) in [4.78, 5) is 16.5. The minimum Gasteiger partial charge on any atom is -0.360 e. The highest BCUT2D eigenvalue weighted by Gasteiger charge is 2.21. The zero-order chi connectivity index (χ0) is 16.1. The Hall–Kier alpha value is -2.95. The molecule has 116 valence electrons. The Kier molecular flexibility index (Phi) is 4.47. The lowest BCUT2D eigenvalue weighted by Crippen LogP contribution is -2.26. The van der Waals surface area contributed by atoms with Crippen LogP contribution in [0.2, 0.25) is 0 Å². The minimum absolute atomic E-state index is 0.175. The van der Waals surface area contributed by atoms with Gasteiger partial charge in [0, 0.05) is 24.5 Å². The van der Waals surface area contributed by atoms with Gasteiger partial charge in [0.1, 0.15) is 17.0 Å². The first-order valence-electron chi connectivity index (χ1n) is 7.44. The Morgan fingerprint density at radius 2 is 2.00 bits per heavy atom. The third-order valence-electron chi connectivity index (χ3n) is 3.56. The third kappa shape index (κ3) is 3.45. The maximum atomic E-state index is 12.5. The first-order chi connectivity index (χ1) is 11.3. The fraction of sp³-hybridized carbons (Fsp3) is 0.167. The highest BCUT2D eigenvalue weighted by atomic mass is 16.5. The van der Waals surface area contributed by atoms with Crippen molar-refractivity contribution in [2.45, 2.75) is 13.3 Å². The molecule has 1 aromatic carbocycles. The number of benzene rings is 1. The highest BCUT2D eigenvalue weighted by molar-refractivity contribution is 6.00. The lowest BCUT2D eigenvalue weighted by molar-refractivity contribution is 0.0953. The van der Waals surface area contributed by atoms with Gasteiger partial charge in [0.15, 0.2) is 0 Å². The van der Waals surface area contributed by atoms with E-state index in [0.29, 0.717) is 23.6 Å². The van der Waals surface area contributed by atoms with E-state index in [1.54, 1.807) is 19.3 Å². The average Bonchev–Trinajstić information content (AvgIpc) is 2.98. The molecule has 0 aliphatic heterocycles. The number of carbonyl (C=O) groups is 1. The monoisotopic (exact) mass is 307 g/mol. The van der Waals surface area contributed by atoms with Crippen molar-refractivity contribution in [3.63, 3.8) is 0 Å². The van der Waals surface area contributed by atoms with Crippen LogP contribution >= 0.6 is 0 Å². The molecule has 23 heavy (non-hydrogen) atoms. The van der Waals surface area contributed by atoms with Gasteiger partial charge in [0.25, 0.3) is 5.91 Å². The number of rotatable bonds is 5. The van der Waals surface area contributed by atoms with Crippen molar-refractivity contribution in [2.24, 2.45) is 0 Å². The molecule has 3 rings (SSSR count). The zero-order valence-corrected chi connectivity index (χ0v) is 12.8. The van der Waals surface area contributed by atoms with Crippen molar-refractivity contribution in [1.82, 2.24) is 15.5 Å². The van der Waals surface area contributed by atoms with Crippen LogP contribution in [-0.4, -0.2) is 22.6 Å². The Morgan fingerprint density at radius 1 is 1.17 bits per heavy atom. The number of aryl methyl sites for hydroxylation is 1. The Labute approximate surface area is 134 Å². The molecular formula is C18H17N3O2. The van der Waals surface area contributed by atoms with E-state index in [4.69, 9.17) is 4.52 Å². The number of pyridine rings is 1. The predicted molar refractivity (Wildman–Crippen MR) is 87.0 cm³/mol. The molecule has 2 aromatic heterocycles. The number of aromatic nitrogens is 2. The number of hydrogen-bond donors (Lipinski definition) is 1. The first kappa shape index (κ1) is 15.0. The molecule has 3 aromatic rings. The SMILES string of the molecule is Cc1onc(-c2ccccc2)c1C(=O)NCCc1cccnc1. The molecule has 0 fully saturated rings. The van der Waals surface area contributed by atoms with E-state index >= 15 is 0 Å². The quantitative estimate of drug-likeness (QED) is 0.786. The van der Waals surface area contributed by atoms with Gasteiger partial charge < -0.3 is 9.84 Å². The fourth-order valence-electron chi connectivity index (χ4n) is 2.39. The van der Waals surface area contributed by atoms with Crippen LogP contribution in [0, 0.1) is 6.92 Å². The largest absolute Gasteiger partial charge is 0.360 e. The molecule has 1 amide bonds. The molecule has 5 nitrogen and oxygen atoms in total. The van der Waals surface area contributed by atoms with Crippen LogP contribution in [0.25, 0.3) is 11.3 Å². The zero-order valence-electron chi connectivity index (χ0n) is 12.8. The molecule has 0 spiro atoms.